The van der Waals surface area contributed by atoms with E-state index in [1.54, 1.807) is 36.4 Å². The highest BCUT2D eigenvalue weighted by atomic mass is 32.2. The Morgan fingerprint density at radius 1 is 1.07 bits per heavy atom. The summed E-state index contributed by atoms with van der Waals surface area (Å²) in [6.07, 6.45) is 1.89. The molecule has 0 spiro atoms. The highest BCUT2D eigenvalue weighted by Crippen LogP contribution is 2.26. The van der Waals surface area contributed by atoms with Crippen molar-refractivity contribution in [3.8, 4) is 0 Å². The second-order valence-electron chi connectivity index (χ2n) is 7.61. The first kappa shape index (κ1) is 21.3. The highest BCUT2D eigenvalue weighted by Gasteiger charge is 2.28. The number of benzene rings is 2. The SMILES string of the molecule is Cc1ccc(S(=O)(=O)N(CC(=O)NC[C@H]2CCCO2)c2cc(C)cc(C)c2)cc1. The van der Waals surface area contributed by atoms with Crippen molar-refractivity contribution < 1.29 is 17.9 Å². The third-order valence-corrected chi connectivity index (χ3v) is 6.73. The molecule has 1 fully saturated rings. The summed E-state index contributed by atoms with van der Waals surface area (Å²) in [6, 6.07) is 12.2. The van der Waals surface area contributed by atoms with E-state index in [1.807, 2.05) is 26.8 Å². The van der Waals surface area contributed by atoms with Gasteiger partial charge < -0.3 is 10.1 Å². The fourth-order valence-corrected chi connectivity index (χ4v) is 4.87. The van der Waals surface area contributed by atoms with E-state index in [0.717, 1.165) is 29.5 Å². The number of hydrogen-bond acceptors (Lipinski definition) is 4. The molecule has 0 aromatic heterocycles. The number of aryl methyl sites for hydroxylation is 3. The van der Waals surface area contributed by atoms with Gasteiger partial charge in [0.15, 0.2) is 0 Å². The fourth-order valence-electron chi connectivity index (χ4n) is 3.47. The molecule has 0 aliphatic carbocycles. The molecule has 1 saturated heterocycles. The van der Waals surface area contributed by atoms with Crippen molar-refractivity contribution >= 4 is 21.6 Å². The maximum atomic E-state index is 13.4. The van der Waals surface area contributed by atoms with E-state index >= 15 is 0 Å². The van der Waals surface area contributed by atoms with Crippen molar-refractivity contribution in [3.63, 3.8) is 0 Å². The molecule has 2 aromatic carbocycles. The van der Waals surface area contributed by atoms with Crippen LogP contribution >= 0.6 is 0 Å². The molecule has 0 bridgehead atoms. The number of anilines is 1. The van der Waals surface area contributed by atoms with E-state index in [4.69, 9.17) is 4.74 Å². The first-order valence-electron chi connectivity index (χ1n) is 9.82. The Bertz CT molecular complexity index is 945. The molecule has 1 aliphatic rings. The van der Waals surface area contributed by atoms with E-state index in [1.165, 1.54) is 4.31 Å². The summed E-state index contributed by atoms with van der Waals surface area (Å²) in [6.45, 7) is 6.53. The van der Waals surface area contributed by atoms with Gasteiger partial charge in [0.1, 0.15) is 6.54 Å². The van der Waals surface area contributed by atoms with Crippen molar-refractivity contribution in [2.24, 2.45) is 0 Å². The number of nitrogens with one attached hydrogen (secondary N) is 1. The summed E-state index contributed by atoms with van der Waals surface area (Å²) < 4.78 is 33.5. The van der Waals surface area contributed by atoms with Crippen LogP contribution in [0.1, 0.15) is 29.5 Å². The van der Waals surface area contributed by atoms with Gasteiger partial charge in [-0.1, -0.05) is 23.8 Å². The molecule has 1 N–H and O–H groups in total. The van der Waals surface area contributed by atoms with Crippen LogP contribution in [0.3, 0.4) is 0 Å². The van der Waals surface area contributed by atoms with E-state index in [-0.39, 0.29) is 23.5 Å². The maximum Gasteiger partial charge on any atom is 0.264 e. The molecule has 1 atom stereocenters. The van der Waals surface area contributed by atoms with Crippen molar-refractivity contribution in [2.45, 2.75) is 44.6 Å². The quantitative estimate of drug-likeness (QED) is 0.753. The zero-order valence-electron chi connectivity index (χ0n) is 17.1. The summed E-state index contributed by atoms with van der Waals surface area (Å²) in [7, 11) is -3.90. The van der Waals surface area contributed by atoms with Crippen LogP contribution in [0.15, 0.2) is 47.4 Å². The van der Waals surface area contributed by atoms with Gasteiger partial charge in [-0.05, 0) is 69.0 Å². The molecule has 0 saturated carbocycles. The molecular weight excluding hydrogens is 388 g/mol. The molecule has 2 aromatic rings. The Morgan fingerprint density at radius 3 is 2.31 bits per heavy atom. The summed E-state index contributed by atoms with van der Waals surface area (Å²) in [5, 5.41) is 2.82. The van der Waals surface area contributed by atoms with Gasteiger partial charge in [0.25, 0.3) is 10.0 Å². The van der Waals surface area contributed by atoms with Gasteiger partial charge in [0.05, 0.1) is 16.7 Å². The fraction of sp³-hybridized carbons (Fsp3) is 0.409. The summed E-state index contributed by atoms with van der Waals surface area (Å²) in [4.78, 5) is 12.8. The Morgan fingerprint density at radius 2 is 1.72 bits per heavy atom. The molecule has 1 amide bonds. The topological polar surface area (TPSA) is 75.7 Å². The van der Waals surface area contributed by atoms with Crippen LogP contribution in [0.2, 0.25) is 0 Å². The van der Waals surface area contributed by atoms with Gasteiger partial charge in [-0.2, -0.15) is 0 Å². The van der Waals surface area contributed by atoms with Crippen LogP contribution in [-0.4, -0.2) is 40.1 Å². The molecule has 0 unspecified atom stereocenters. The molecular formula is C22H28N2O4S. The van der Waals surface area contributed by atoms with Crippen molar-refractivity contribution in [1.29, 1.82) is 0 Å². The maximum absolute atomic E-state index is 13.4. The Kier molecular flexibility index (Phi) is 6.59. The largest absolute Gasteiger partial charge is 0.376 e. The van der Waals surface area contributed by atoms with Crippen LogP contribution in [0, 0.1) is 20.8 Å². The van der Waals surface area contributed by atoms with Gasteiger partial charge in [-0.15, -0.1) is 0 Å². The number of rotatable bonds is 7. The Balaban J connectivity index is 1.88. The number of sulfonamides is 1. The van der Waals surface area contributed by atoms with Gasteiger partial charge in [0.2, 0.25) is 5.91 Å². The first-order chi connectivity index (χ1) is 13.8. The van der Waals surface area contributed by atoms with Crippen LogP contribution in [-0.2, 0) is 19.6 Å². The molecule has 7 heteroatoms. The molecule has 1 aliphatic heterocycles. The molecule has 0 radical (unpaired) electrons. The normalized spacial score (nSPS) is 16.6. The van der Waals surface area contributed by atoms with E-state index < -0.39 is 10.0 Å². The second kappa shape index (κ2) is 8.97. The van der Waals surface area contributed by atoms with E-state index in [9.17, 15) is 13.2 Å². The Hall–Kier alpha value is -2.38. The monoisotopic (exact) mass is 416 g/mol. The number of carbonyl (C=O) groups excluding carboxylic acids is 1. The van der Waals surface area contributed by atoms with Gasteiger partial charge in [-0.25, -0.2) is 8.42 Å². The predicted molar refractivity (Wildman–Crippen MR) is 114 cm³/mol. The third kappa shape index (κ3) is 5.36. The van der Waals surface area contributed by atoms with E-state index in [0.29, 0.717) is 18.8 Å². The first-order valence-corrected chi connectivity index (χ1v) is 11.3. The van der Waals surface area contributed by atoms with Crippen LogP contribution < -0.4 is 9.62 Å². The number of nitrogens with zero attached hydrogens (tertiary/aromatic N) is 1. The molecule has 1 heterocycles. The standard InChI is InChI=1S/C22H28N2O4S/c1-16-6-8-21(9-7-16)29(26,27)24(19-12-17(2)11-18(3)13-19)15-22(25)23-14-20-5-4-10-28-20/h6-9,11-13,20H,4-5,10,14-15H2,1-3H3,(H,23,25)/t20-/m1/s1. The van der Waals surface area contributed by atoms with Crippen LogP contribution in [0.25, 0.3) is 0 Å². The zero-order chi connectivity index (χ0) is 21.0. The van der Waals surface area contributed by atoms with Crippen molar-refractivity contribution in [1.82, 2.24) is 5.32 Å². The van der Waals surface area contributed by atoms with Crippen molar-refractivity contribution in [2.75, 3.05) is 24.0 Å². The van der Waals surface area contributed by atoms with Gasteiger partial charge in [0, 0.05) is 13.2 Å². The third-order valence-electron chi connectivity index (χ3n) is 4.94. The number of carbonyl (C=O) groups is 1. The lowest BCUT2D eigenvalue weighted by Gasteiger charge is -2.25. The van der Waals surface area contributed by atoms with Crippen LogP contribution in [0.5, 0.6) is 0 Å². The summed E-state index contributed by atoms with van der Waals surface area (Å²) >= 11 is 0. The minimum atomic E-state index is -3.90. The summed E-state index contributed by atoms with van der Waals surface area (Å²) in [5.74, 6) is -0.352. The highest BCUT2D eigenvalue weighted by molar-refractivity contribution is 7.92. The minimum Gasteiger partial charge on any atom is -0.376 e. The lowest BCUT2D eigenvalue weighted by Crippen LogP contribution is -2.42. The predicted octanol–water partition coefficient (Wildman–Crippen LogP) is 3.10. The molecule has 6 nitrogen and oxygen atoms in total. The smallest absolute Gasteiger partial charge is 0.264 e. The lowest BCUT2D eigenvalue weighted by molar-refractivity contribution is -0.120. The average Bonchev–Trinajstić information content (AvgIpc) is 3.17. The molecule has 29 heavy (non-hydrogen) atoms. The number of amides is 1. The van der Waals surface area contributed by atoms with Gasteiger partial charge in [-0.3, -0.25) is 9.10 Å². The number of ether oxygens (including phenoxy) is 1. The minimum absolute atomic E-state index is 0.00215. The van der Waals surface area contributed by atoms with Crippen LogP contribution in [0.4, 0.5) is 5.69 Å². The lowest BCUT2D eigenvalue weighted by atomic mass is 10.1. The number of hydrogen-bond donors (Lipinski definition) is 1. The zero-order valence-corrected chi connectivity index (χ0v) is 18.0. The Labute approximate surface area is 172 Å². The van der Waals surface area contributed by atoms with E-state index in [2.05, 4.69) is 5.32 Å². The van der Waals surface area contributed by atoms with Gasteiger partial charge >= 0.3 is 0 Å². The second-order valence-corrected chi connectivity index (χ2v) is 9.47. The molecule has 156 valence electrons. The molecule has 3 rings (SSSR count). The average molecular weight is 417 g/mol. The summed E-state index contributed by atoms with van der Waals surface area (Å²) in [5.41, 5.74) is 3.32. The van der Waals surface area contributed by atoms with Crippen molar-refractivity contribution in [3.05, 3.63) is 59.2 Å².